The molecule has 2 saturated heterocycles. The number of ether oxygens (including phenoxy) is 1. The predicted molar refractivity (Wildman–Crippen MR) is 139 cm³/mol. The first-order valence-corrected chi connectivity index (χ1v) is 12.8. The van der Waals surface area contributed by atoms with Gasteiger partial charge in [0.25, 0.3) is 0 Å². The van der Waals surface area contributed by atoms with Crippen molar-refractivity contribution in [3.8, 4) is 0 Å². The lowest BCUT2D eigenvalue weighted by Crippen LogP contribution is -2.52. The third kappa shape index (κ3) is 6.67. The minimum atomic E-state index is -0.690. The van der Waals surface area contributed by atoms with Gasteiger partial charge in [0.1, 0.15) is 11.6 Å². The van der Waals surface area contributed by atoms with Crippen LogP contribution in [0.2, 0.25) is 0 Å². The maximum Gasteiger partial charge on any atom is 0.498 e. The number of nitrogens with one attached hydrogen (secondary N) is 2. The van der Waals surface area contributed by atoms with Crippen molar-refractivity contribution < 1.29 is 23.6 Å². The molecule has 10 nitrogen and oxygen atoms in total. The molecule has 2 amide bonds. The van der Waals surface area contributed by atoms with Crippen LogP contribution in [0.5, 0.6) is 0 Å². The quantitative estimate of drug-likeness (QED) is 0.546. The van der Waals surface area contributed by atoms with Crippen LogP contribution >= 0.6 is 0 Å². The highest BCUT2D eigenvalue weighted by Gasteiger charge is 2.52. The van der Waals surface area contributed by atoms with Gasteiger partial charge in [-0.2, -0.15) is 0 Å². The van der Waals surface area contributed by atoms with Gasteiger partial charge in [0.15, 0.2) is 0 Å². The SMILES string of the molecule is CC(C)C(NC(=O)OC(C)(C)C)C(=O)NCC1CCCN1c1ncc(B2OC(C)(C)C(C)(C)O2)cn1. The van der Waals surface area contributed by atoms with Gasteiger partial charge in [-0.25, -0.2) is 14.8 Å². The molecule has 1 aromatic rings. The minimum Gasteiger partial charge on any atom is -0.444 e. The molecule has 2 unspecified atom stereocenters. The van der Waals surface area contributed by atoms with Crippen molar-refractivity contribution in [3.63, 3.8) is 0 Å². The zero-order valence-corrected chi connectivity index (χ0v) is 23.2. The molecule has 2 aliphatic rings. The molecule has 11 heteroatoms. The van der Waals surface area contributed by atoms with Gasteiger partial charge in [-0.3, -0.25) is 4.79 Å². The molecule has 0 radical (unpaired) electrons. The number of hydrogen-bond acceptors (Lipinski definition) is 8. The molecule has 0 aliphatic carbocycles. The average molecular weight is 503 g/mol. The maximum atomic E-state index is 12.9. The smallest absolute Gasteiger partial charge is 0.444 e. The second-order valence-electron chi connectivity index (χ2n) is 12.0. The standard InChI is InChI=1S/C25H42BN5O5/c1-16(2)19(30-22(33)34-23(3,4)5)20(32)27-15-18-11-10-12-31(18)21-28-13-17(14-29-21)26-35-24(6,7)25(8,9)36-26/h13-14,16,18-19H,10-12,15H2,1-9H3,(H,27,32)(H,30,33). The minimum absolute atomic E-state index is 0.0611. The number of hydrogen-bond donors (Lipinski definition) is 2. The molecular formula is C25H42BN5O5. The van der Waals surface area contributed by atoms with E-state index in [2.05, 4.69) is 25.5 Å². The van der Waals surface area contributed by atoms with Crippen LogP contribution in [0, 0.1) is 5.92 Å². The third-order valence-electron chi connectivity index (χ3n) is 6.95. The first-order chi connectivity index (χ1) is 16.6. The summed E-state index contributed by atoms with van der Waals surface area (Å²) in [6.45, 7) is 18.4. The molecule has 0 saturated carbocycles. The fourth-order valence-electron chi connectivity index (χ4n) is 4.19. The molecule has 2 N–H and O–H groups in total. The van der Waals surface area contributed by atoms with Crippen molar-refractivity contribution in [2.24, 2.45) is 5.92 Å². The van der Waals surface area contributed by atoms with Gasteiger partial charge in [0.05, 0.1) is 11.2 Å². The average Bonchev–Trinajstić information content (AvgIpc) is 3.30. The van der Waals surface area contributed by atoms with Crippen molar-refractivity contribution in [2.75, 3.05) is 18.0 Å². The number of aromatic nitrogens is 2. The normalized spacial score (nSPS) is 22.0. The lowest BCUT2D eigenvalue weighted by atomic mass is 9.81. The van der Waals surface area contributed by atoms with Gasteiger partial charge in [0.2, 0.25) is 11.9 Å². The van der Waals surface area contributed by atoms with Gasteiger partial charge < -0.3 is 29.6 Å². The Morgan fingerprint density at radius 1 is 1.17 bits per heavy atom. The molecule has 0 bridgehead atoms. The molecule has 0 spiro atoms. The summed E-state index contributed by atoms with van der Waals surface area (Å²) in [7, 11) is -0.511. The van der Waals surface area contributed by atoms with E-state index in [4.69, 9.17) is 14.0 Å². The highest BCUT2D eigenvalue weighted by atomic mass is 16.7. The fourth-order valence-corrected chi connectivity index (χ4v) is 4.19. The summed E-state index contributed by atoms with van der Waals surface area (Å²) < 4.78 is 17.5. The Hall–Kier alpha value is -2.40. The van der Waals surface area contributed by atoms with E-state index >= 15 is 0 Å². The zero-order chi connectivity index (χ0) is 26.9. The summed E-state index contributed by atoms with van der Waals surface area (Å²) >= 11 is 0. The highest BCUT2D eigenvalue weighted by Crippen LogP contribution is 2.36. The van der Waals surface area contributed by atoms with Crippen molar-refractivity contribution in [2.45, 2.75) is 104 Å². The van der Waals surface area contributed by atoms with Crippen molar-refractivity contribution in [1.82, 2.24) is 20.6 Å². The molecule has 3 rings (SSSR count). The molecule has 2 aliphatic heterocycles. The van der Waals surface area contributed by atoms with Crippen LogP contribution in [-0.4, -0.2) is 71.1 Å². The van der Waals surface area contributed by atoms with E-state index in [-0.39, 0.29) is 17.9 Å². The lowest BCUT2D eigenvalue weighted by molar-refractivity contribution is -0.124. The van der Waals surface area contributed by atoms with Crippen molar-refractivity contribution >= 4 is 30.5 Å². The lowest BCUT2D eigenvalue weighted by Gasteiger charge is -2.32. The summed E-state index contributed by atoms with van der Waals surface area (Å²) in [5.74, 6) is 0.280. The Labute approximate surface area is 215 Å². The number of amides is 2. The number of carbonyl (C=O) groups excluding carboxylic acids is 2. The maximum absolute atomic E-state index is 12.9. The summed E-state index contributed by atoms with van der Waals surface area (Å²) in [5.41, 5.74) is -0.721. The predicted octanol–water partition coefficient (Wildman–Crippen LogP) is 2.41. The molecule has 2 atom stereocenters. The highest BCUT2D eigenvalue weighted by molar-refractivity contribution is 6.61. The van der Waals surface area contributed by atoms with Crippen LogP contribution in [0.4, 0.5) is 10.7 Å². The Bertz CT molecular complexity index is 916. The largest absolute Gasteiger partial charge is 0.498 e. The van der Waals surface area contributed by atoms with E-state index < -0.39 is 36.1 Å². The summed E-state index contributed by atoms with van der Waals surface area (Å²) in [6.07, 6.45) is 4.78. The second kappa shape index (κ2) is 10.5. The van der Waals surface area contributed by atoms with Crippen LogP contribution in [0.15, 0.2) is 12.4 Å². The number of alkyl carbamates (subject to hydrolysis) is 1. The molecular weight excluding hydrogens is 461 g/mol. The van der Waals surface area contributed by atoms with Crippen LogP contribution in [0.25, 0.3) is 0 Å². The van der Waals surface area contributed by atoms with Crippen LogP contribution in [0.3, 0.4) is 0 Å². The van der Waals surface area contributed by atoms with E-state index in [1.165, 1.54) is 0 Å². The molecule has 0 aromatic carbocycles. The van der Waals surface area contributed by atoms with E-state index in [0.717, 1.165) is 24.8 Å². The number of rotatable bonds is 7. The molecule has 36 heavy (non-hydrogen) atoms. The second-order valence-corrected chi connectivity index (χ2v) is 12.0. The van der Waals surface area contributed by atoms with Crippen molar-refractivity contribution in [3.05, 3.63) is 12.4 Å². The third-order valence-corrected chi connectivity index (χ3v) is 6.95. The van der Waals surface area contributed by atoms with Gasteiger partial charge >= 0.3 is 13.2 Å². The van der Waals surface area contributed by atoms with E-state index in [0.29, 0.717) is 12.5 Å². The van der Waals surface area contributed by atoms with Gasteiger partial charge in [-0.1, -0.05) is 13.8 Å². The summed E-state index contributed by atoms with van der Waals surface area (Å²) in [5, 5.41) is 5.70. The van der Waals surface area contributed by atoms with E-state index in [9.17, 15) is 9.59 Å². The number of nitrogens with zero attached hydrogens (tertiary/aromatic N) is 3. The van der Waals surface area contributed by atoms with Gasteiger partial charge in [0, 0.05) is 37.0 Å². The molecule has 1 aromatic heterocycles. The van der Waals surface area contributed by atoms with E-state index in [1.807, 2.05) is 41.5 Å². The first kappa shape index (κ1) is 28.2. The Morgan fingerprint density at radius 3 is 2.28 bits per heavy atom. The topological polar surface area (TPSA) is 115 Å². The fraction of sp³-hybridized carbons (Fsp3) is 0.760. The first-order valence-electron chi connectivity index (χ1n) is 12.8. The van der Waals surface area contributed by atoms with E-state index in [1.54, 1.807) is 33.2 Å². The zero-order valence-electron chi connectivity index (χ0n) is 23.2. The monoisotopic (exact) mass is 503 g/mol. The van der Waals surface area contributed by atoms with Crippen LogP contribution in [-0.2, 0) is 18.8 Å². The number of carbonyl (C=O) groups is 2. The summed E-state index contributed by atoms with van der Waals surface area (Å²) in [6, 6.07) is -0.629. The molecule has 200 valence electrons. The van der Waals surface area contributed by atoms with Crippen LogP contribution in [0.1, 0.15) is 75.2 Å². The van der Waals surface area contributed by atoms with Crippen molar-refractivity contribution in [1.29, 1.82) is 0 Å². The van der Waals surface area contributed by atoms with Crippen LogP contribution < -0.4 is 21.0 Å². The Balaban J connectivity index is 1.59. The molecule has 2 fully saturated rings. The van der Waals surface area contributed by atoms with Gasteiger partial charge in [-0.15, -0.1) is 0 Å². The summed E-state index contributed by atoms with van der Waals surface area (Å²) in [4.78, 5) is 36.4. The Morgan fingerprint density at radius 2 is 1.75 bits per heavy atom. The Kier molecular flexibility index (Phi) is 8.25. The number of anilines is 1. The van der Waals surface area contributed by atoms with Gasteiger partial charge in [-0.05, 0) is 67.2 Å². The molecule has 3 heterocycles.